The maximum Gasteiger partial charge on any atom is 0.227 e. The Morgan fingerprint density at radius 1 is 1.17 bits per heavy atom. The fourth-order valence-electron chi connectivity index (χ4n) is 2.35. The SMILES string of the molecule is CC(C)N(Cc1ccc(C#N)cc1)C(=O)Cc1ccccc1Cl. The van der Waals surface area contributed by atoms with Crippen LogP contribution in [0.5, 0.6) is 0 Å². The summed E-state index contributed by atoms with van der Waals surface area (Å²) in [4.78, 5) is 14.5. The van der Waals surface area contributed by atoms with Gasteiger partial charge in [0, 0.05) is 17.6 Å². The smallest absolute Gasteiger partial charge is 0.227 e. The molecule has 0 aliphatic heterocycles. The predicted octanol–water partition coefficient (Wildman–Crippen LogP) is 4.19. The molecule has 0 N–H and O–H groups in total. The first-order valence-electron chi connectivity index (χ1n) is 7.53. The van der Waals surface area contributed by atoms with Crippen LogP contribution in [0.15, 0.2) is 48.5 Å². The summed E-state index contributed by atoms with van der Waals surface area (Å²) in [6.07, 6.45) is 0.286. The Labute approximate surface area is 142 Å². The van der Waals surface area contributed by atoms with Crippen LogP contribution in [-0.2, 0) is 17.8 Å². The Balaban J connectivity index is 2.12. The molecule has 0 unspecified atom stereocenters. The highest BCUT2D eigenvalue weighted by Gasteiger charge is 2.18. The maximum absolute atomic E-state index is 12.6. The molecule has 0 saturated carbocycles. The molecule has 2 rings (SSSR count). The molecule has 0 fully saturated rings. The molecule has 118 valence electrons. The van der Waals surface area contributed by atoms with Crippen molar-refractivity contribution < 1.29 is 4.79 Å². The van der Waals surface area contributed by atoms with Crippen LogP contribution in [0.25, 0.3) is 0 Å². The third-order valence-corrected chi connectivity index (χ3v) is 4.05. The Bertz CT molecular complexity index is 717. The lowest BCUT2D eigenvalue weighted by molar-refractivity contribution is -0.132. The van der Waals surface area contributed by atoms with Crippen molar-refractivity contribution in [1.29, 1.82) is 5.26 Å². The summed E-state index contributed by atoms with van der Waals surface area (Å²) in [7, 11) is 0. The number of amides is 1. The topological polar surface area (TPSA) is 44.1 Å². The monoisotopic (exact) mass is 326 g/mol. The van der Waals surface area contributed by atoms with E-state index in [1.165, 1.54) is 0 Å². The first-order chi connectivity index (χ1) is 11.0. The molecular formula is C19H19ClN2O. The van der Waals surface area contributed by atoms with E-state index < -0.39 is 0 Å². The van der Waals surface area contributed by atoms with E-state index in [-0.39, 0.29) is 18.4 Å². The summed E-state index contributed by atoms with van der Waals surface area (Å²) in [5.41, 5.74) is 2.46. The number of hydrogen-bond acceptors (Lipinski definition) is 2. The van der Waals surface area contributed by atoms with Gasteiger partial charge in [0.15, 0.2) is 0 Å². The molecule has 0 spiro atoms. The van der Waals surface area contributed by atoms with Crippen molar-refractivity contribution in [3.8, 4) is 6.07 Å². The molecule has 0 atom stereocenters. The molecule has 0 aliphatic rings. The lowest BCUT2D eigenvalue weighted by Gasteiger charge is -2.27. The van der Waals surface area contributed by atoms with Gasteiger partial charge in [0.1, 0.15) is 0 Å². The van der Waals surface area contributed by atoms with Gasteiger partial charge in [-0.1, -0.05) is 41.9 Å². The summed E-state index contributed by atoms with van der Waals surface area (Å²) in [5, 5.41) is 9.46. The van der Waals surface area contributed by atoms with Crippen LogP contribution < -0.4 is 0 Å². The van der Waals surface area contributed by atoms with Crippen LogP contribution in [0.4, 0.5) is 0 Å². The van der Waals surface area contributed by atoms with Gasteiger partial charge in [0.2, 0.25) is 5.91 Å². The summed E-state index contributed by atoms with van der Waals surface area (Å²) < 4.78 is 0. The van der Waals surface area contributed by atoms with Crippen molar-refractivity contribution >= 4 is 17.5 Å². The highest BCUT2D eigenvalue weighted by atomic mass is 35.5. The molecule has 2 aromatic carbocycles. The summed E-state index contributed by atoms with van der Waals surface area (Å²) >= 11 is 6.14. The maximum atomic E-state index is 12.6. The molecule has 0 aliphatic carbocycles. The molecule has 0 heterocycles. The van der Waals surface area contributed by atoms with Gasteiger partial charge in [-0.25, -0.2) is 0 Å². The van der Waals surface area contributed by atoms with Gasteiger partial charge < -0.3 is 4.90 Å². The Morgan fingerprint density at radius 3 is 2.39 bits per heavy atom. The van der Waals surface area contributed by atoms with E-state index in [0.717, 1.165) is 11.1 Å². The first kappa shape index (κ1) is 17.1. The minimum absolute atomic E-state index is 0.0393. The summed E-state index contributed by atoms with van der Waals surface area (Å²) in [5.74, 6) is 0.0393. The van der Waals surface area contributed by atoms with Crippen molar-refractivity contribution in [2.45, 2.75) is 32.9 Å². The van der Waals surface area contributed by atoms with Crippen molar-refractivity contribution in [3.05, 3.63) is 70.2 Å². The normalized spacial score (nSPS) is 10.4. The van der Waals surface area contributed by atoms with Crippen LogP contribution in [0.1, 0.15) is 30.5 Å². The van der Waals surface area contributed by atoms with E-state index in [1.54, 1.807) is 18.2 Å². The number of carbonyl (C=O) groups excluding carboxylic acids is 1. The second-order valence-corrected chi connectivity index (χ2v) is 6.10. The number of benzene rings is 2. The van der Waals surface area contributed by atoms with Crippen LogP contribution >= 0.6 is 11.6 Å². The fraction of sp³-hybridized carbons (Fsp3) is 0.263. The average Bonchev–Trinajstić information content (AvgIpc) is 2.55. The molecule has 0 saturated heterocycles. The van der Waals surface area contributed by atoms with Gasteiger partial charge in [-0.2, -0.15) is 5.26 Å². The molecule has 23 heavy (non-hydrogen) atoms. The molecule has 0 bridgehead atoms. The van der Waals surface area contributed by atoms with Gasteiger partial charge in [0.05, 0.1) is 18.1 Å². The van der Waals surface area contributed by atoms with Gasteiger partial charge in [0.25, 0.3) is 0 Å². The molecule has 3 nitrogen and oxygen atoms in total. The lowest BCUT2D eigenvalue weighted by atomic mass is 10.1. The first-order valence-corrected chi connectivity index (χ1v) is 7.91. The second kappa shape index (κ2) is 7.80. The molecule has 2 aromatic rings. The third-order valence-electron chi connectivity index (χ3n) is 3.68. The summed E-state index contributed by atoms with van der Waals surface area (Å²) in [6.45, 7) is 4.51. The molecule has 0 radical (unpaired) electrons. The van der Waals surface area contributed by atoms with Gasteiger partial charge in [-0.3, -0.25) is 4.79 Å². The van der Waals surface area contributed by atoms with Crippen LogP contribution in [0, 0.1) is 11.3 Å². The molecule has 0 aromatic heterocycles. The van der Waals surface area contributed by atoms with E-state index in [9.17, 15) is 4.79 Å². The average molecular weight is 327 g/mol. The predicted molar refractivity (Wildman–Crippen MR) is 92.0 cm³/mol. The Hall–Kier alpha value is -2.31. The zero-order valence-corrected chi connectivity index (χ0v) is 14.0. The highest BCUT2D eigenvalue weighted by molar-refractivity contribution is 6.31. The van der Waals surface area contributed by atoms with E-state index in [0.29, 0.717) is 17.1 Å². The zero-order valence-electron chi connectivity index (χ0n) is 13.3. The van der Waals surface area contributed by atoms with Crippen molar-refractivity contribution in [3.63, 3.8) is 0 Å². The van der Waals surface area contributed by atoms with Gasteiger partial charge >= 0.3 is 0 Å². The minimum atomic E-state index is 0.0393. The van der Waals surface area contributed by atoms with Crippen molar-refractivity contribution in [2.75, 3.05) is 0 Å². The number of nitriles is 1. The standard InChI is InChI=1S/C19H19ClN2O/c1-14(2)22(13-16-9-7-15(12-21)8-10-16)19(23)11-17-5-3-4-6-18(17)20/h3-10,14H,11,13H2,1-2H3. The number of hydrogen-bond donors (Lipinski definition) is 0. The zero-order chi connectivity index (χ0) is 16.8. The van der Waals surface area contributed by atoms with E-state index >= 15 is 0 Å². The largest absolute Gasteiger partial charge is 0.336 e. The van der Waals surface area contributed by atoms with Gasteiger partial charge in [-0.05, 0) is 43.2 Å². The minimum Gasteiger partial charge on any atom is -0.336 e. The lowest BCUT2D eigenvalue weighted by Crippen LogP contribution is -2.37. The van der Waals surface area contributed by atoms with E-state index in [2.05, 4.69) is 6.07 Å². The third kappa shape index (κ3) is 4.58. The number of carbonyl (C=O) groups is 1. The van der Waals surface area contributed by atoms with Crippen LogP contribution in [0.2, 0.25) is 5.02 Å². The highest BCUT2D eigenvalue weighted by Crippen LogP contribution is 2.18. The Kier molecular flexibility index (Phi) is 5.78. The molecule has 4 heteroatoms. The van der Waals surface area contributed by atoms with E-state index in [1.807, 2.05) is 49.1 Å². The van der Waals surface area contributed by atoms with Crippen molar-refractivity contribution in [2.24, 2.45) is 0 Å². The van der Waals surface area contributed by atoms with Crippen LogP contribution in [-0.4, -0.2) is 16.8 Å². The molecular weight excluding hydrogens is 308 g/mol. The van der Waals surface area contributed by atoms with Gasteiger partial charge in [-0.15, -0.1) is 0 Å². The number of nitrogens with zero attached hydrogens (tertiary/aromatic N) is 2. The van der Waals surface area contributed by atoms with Crippen molar-refractivity contribution in [1.82, 2.24) is 4.90 Å². The number of halogens is 1. The second-order valence-electron chi connectivity index (χ2n) is 5.69. The molecule has 1 amide bonds. The number of rotatable bonds is 5. The van der Waals surface area contributed by atoms with Crippen LogP contribution in [0.3, 0.4) is 0 Å². The van der Waals surface area contributed by atoms with E-state index in [4.69, 9.17) is 16.9 Å². The quantitative estimate of drug-likeness (QED) is 0.826. The Morgan fingerprint density at radius 2 is 1.83 bits per heavy atom. The summed E-state index contributed by atoms with van der Waals surface area (Å²) in [6, 6.07) is 16.9. The fourth-order valence-corrected chi connectivity index (χ4v) is 2.55.